The third kappa shape index (κ3) is 2.24. The zero-order valence-electron chi connectivity index (χ0n) is 10.4. The molecular weight excluding hydrogens is 288 g/mol. The monoisotopic (exact) mass is 298 g/mol. The van der Waals surface area contributed by atoms with Crippen molar-refractivity contribution in [2.45, 2.75) is 0 Å². The molecule has 3 rings (SSSR count). The highest BCUT2D eigenvalue weighted by molar-refractivity contribution is 7.13. The normalized spacial score (nSPS) is 10.4. The van der Waals surface area contributed by atoms with Crippen LogP contribution in [0.4, 0.5) is 0 Å². The van der Waals surface area contributed by atoms with Gasteiger partial charge in [0.15, 0.2) is 6.29 Å². The Labute approximate surface area is 124 Å². The quantitative estimate of drug-likeness (QED) is 0.524. The minimum absolute atomic E-state index is 0.00125. The van der Waals surface area contributed by atoms with Crippen LogP contribution < -0.4 is 0 Å². The summed E-state index contributed by atoms with van der Waals surface area (Å²) in [6.45, 7) is 0. The van der Waals surface area contributed by atoms with Crippen molar-refractivity contribution in [1.29, 1.82) is 0 Å². The molecule has 0 aliphatic rings. The molecule has 98 valence electrons. The van der Waals surface area contributed by atoms with Crippen molar-refractivity contribution in [1.82, 2.24) is 0 Å². The molecule has 2 heterocycles. The van der Waals surface area contributed by atoms with Crippen LogP contribution >= 0.6 is 22.7 Å². The molecule has 0 fully saturated rings. The van der Waals surface area contributed by atoms with E-state index in [0.717, 1.165) is 17.4 Å². The van der Waals surface area contributed by atoms with E-state index in [2.05, 4.69) is 0 Å². The highest BCUT2D eigenvalue weighted by Gasteiger charge is 2.18. The maximum atomic E-state index is 12.5. The smallest absolute Gasteiger partial charge is 0.203 e. The standard InChI is InChI=1S/C16H10O2S2/c17-10-14-12(6-8-19-14)13-7-9-20-16(13)15(18)11-4-2-1-3-5-11/h1-10H. The third-order valence-corrected chi connectivity index (χ3v) is 4.76. The van der Waals surface area contributed by atoms with Crippen molar-refractivity contribution in [2.75, 3.05) is 0 Å². The molecule has 0 amide bonds. The summed E-state index contributed by atoms with van der Waals surface area (Å²) in [6, 6.07) is 13.0. The Morgan fingerprint density at radius 3 is 2.35 bits per heavy atom. The number of rotatable bonds is 4. The highest BCUT2D eigenvalue weighted by Crippen LogP contribution is 2.34. The van der Waals surface area contributed by atoms with E-state index in [1.54, 1.807) is 12.1 Å². The van der Waals surface area contributed by atoms with Crippen molar-refractivity contribution in [3.63, 3.8) is 0 Å². The fourth-order valence-electron chi connectivity index (χ4n) is 2.05. The van der Waals surface area contributed by atoms with E-state index >= 15 is 0 Å². The molecule has 0 aliphatic carbocycles. The van der Waals surface area contributed by atoms with E-state index < -0.39 is 0 Å². The van der Waals surface area contributed by atoms with Gasteiger partial charge in [0.25, 0.3) is 0 Å². The van der Waals surface area contributed by atoms with Gasteiger partial charge in [-0.25, -0.2) is 0 Å². The number of thiophene rings is 2. The average Bonchev–Trinajstić information content (AvgIpc) is 3.15. The van der Waals surface area contributed by atoms with Gasteiger partial charge in [-0.2, -0.15) is 0 Å². The Morgan fingerprint density at radius 1 is 0.900 bits per heavy atom. The van der Waals surface area contributed by atoms with Crippen LogP contribution in [-0.4, -0.2) is 12.1 Å². The second kappa shape index (κ2) is 5.53. The zero-order chi connectivity index (χ0) is 13.9. The molecule has 4 heteroatoms. The lowest BCUT2D eigenvalue weighted by Crippen LogP contribution is -2.00. The number of ketones is 1. The topological polar surface area (TPSA) is 34.1 Å². The Bertz CT molecular complexity index is 754. The molecule has 0 atom stereocenters. The van der Waals surface area contributed by atoms with Gasteiger partial charge in [-0.3, -0.25) is 9.59 Å². The largest absolute Gasteiger partial charge is 0.297 e. The van der Waals surface area contributed by atoms with Gasteiger partial charge in [0.1, 0.15) is 0 Å². The van der Waals surface area contributed by atoms with Crippen LogP contribution in [0.1, 0.15) is 24.9 Å². The van der Waals surface area contributed by atoms with E-state index in [4.69, 9.17) is 0 Å². The number of carbonyl (C=O) groups excluding carboxylic acids is 2. The molecular formula is C16H10O2S2. The molecule has 0 bridgehead atoms. The Kier molecular flexibility index (Phi) is 3.58. The number of hydrogen-bond acceptors (Lipinski definition) is 4. The van der Waals surface area contributed by atoms with Crippen LogP contribution in [0.25, 0.3) is 11.1 Å². The maximum Gasteiger partial charge on any atom is 0.203 e. The lowest BCUT2D eigenvalue weighted by molar-refractivity contribution is 0.104. The van der Waals surface area contributed by atoms with E-state index in [-0.39, 0.29) is 5.78 Å². The van der Waals surface area contributed by atoms with Crippen LogP contribution in [-0.2, 0) is 0 Å². The first-order valence-corrected chi connectivity index (χ1v) is 7.77. The summed E-state index contributed by atoms with van der Waals surface area (Å²) in [5.74, 6) is -0.00125. The molecule has 0 saturated carbocycles. The first kappa shape index (κ1) is 13.0. The van der Waals surface area contributed by atoms with Gasteiger partial charge in [-0.1, -0.05) is 30.3 Å². The van der Waals surface area contributed by atoms with Gasteiger partial charge in [0, 0.05) is 16.7 Å². The fourth-order valence-corrected chi connectivity index (χ4v) is 3.63. The van der Waals surface area contributed by atoms with E-state index in [1.165, 1.54) is 22.7 Å². The van der Waals surface area contributed by atoms with Crippen LogP contribution in [0.15, 0.2) is 53.2 Å². The number of aldehydes is 1. The van der Waals surface area contributed by atoms with Gasteiger partial charge < -0.3 is 0 Å². The summed E-state index contributed by atoms with van der Waals surface area (Å²) in [5, 5.41) is 3.76. The molecule has 3 aromatic rings. The summed E-state index contributed by atoms with van der Waals surface area (Å²) in [5.41, 5.74) is 2.34. The highest BCUT2D eigenvalue weighted by atomic mass is 32.1. The molecule has 2 nitrogen and oxygen atoms in total. The van der Waals surface area contributed by atoms with Gasteiger partial charge >= 0.3 is 0 Å². The molecule has 0 radical (unpaired) electrons. The Balaban J connectivity index is 2.07. The Morgan fingerprint density at radius 2 is 1.60 bits per heavy atom. The van der Waals surface area contributed by atoms with Crippen molar-refractivity contribution in [3.05, 3.63) is 68.5 Å². The van der Waals surface area contributed by atoms with Gasteiger partial charge in [-0.15, -0.1) is 22.7 Å². The first-order valence-electron chi connectivity index (χ1n) is 6.01. The predicted octanol–water partition coefficient (Wildman–Crippen LogP) is 4.52. The number of carbonyl (C=O) groups is 2. The molecule has 0 spiro atoms. The summed E-state index contributed by atoms with van der Waals surface area (Å²) in [4.78, 5) is 24.9. The second-order valence-electron chi connectivity index (χ2n) is 4.17. The summed E-state index contributed by atoms with van der Waals surface area (Å²) < 4.78 is 0. The first-order chi connectivity index (χ1) is 9.81. The summed E-state index contributed by atoms with van der Waals surface area (Å²) in [6.07, 6.45) is 0.842. The molecule has 0 N–H and O–H groups in total. The van der Waals surface area contributed by atoms with E-state index in [0.29, 0.717) is 15.3 Å². The SMILES string of the molecule is O=Cc1sccc1-c1ccsc1C(=O)c1ccccc1. The van der Waals surface area contributed by atoms with Crippen LogP contribution in [0.3, 0.4) is 0 Å². The number of benzene rings is 1. The average molecular weight is 298 g/mol. The Hall–Kier alpha value is -2.04. The van der Waals surface area contributed by atoms with Crippen molar-refractivity contribution < 1.29 is 9.59 Å². The van der Waals surface area contributed by atoms with Crippen LogP contribution in [0, 0.1) is 0 Å². The van der Waals surface area contributed by atoms with Gasteiger partial charge in [-0.05, 0) is 22.9 Å². The molecule has 0 unspecified atom stereocenters. The minimum atomic E-state index is -0.00125. The van der Waals surface area contributed by atoms with Gasteiger partial charge in [0.05, 0.1) is 9.75 Å². The second-order valence-corrected chi connectivity index (χ2v) is 6.04. The van der Waals surface area contributed by atoms with Crippen molar-refractivity contribution in [3.8, 4) is 11.1 Å². The third-order valence-electron chi connectivity index (χ3n) is 3.00. The maximum absolute atomic E-state index is 12.5. The van der Waals surface area contributed by atoms with E-state index in [1.807, 2.05) is 41.1 Å². The molecule has 20 heavy (non-hydrogen) atoms. The summed E-state index contributed by atoms with van der Waals surface area (Å²) in [7, 11) is 0. The van der Waals surface area contributed by atoms with Crippen molar-refractivity contribution in [2.24, 2.45) is 0 Å². The zero-order valence-corrected chi connectivity index (χ0v) is 12.0. The molecule has 0 saturated heterocycles. The molecule has 0 aliphatic heterocycles. The number of hydrogen-bond donors (Lipinski definition) is 0. The molecule has 1 aromatic carbocycles. The minimum Gasteiger partial charge on any atom is -0.297 e. The van der Waals surface area contributed by atoms with Crippen LogP contribution in [0.5, 0.6) is 0 Å². The lowest BCUT2D eigenvalue weighted by Gasteiger charge is -2.03. The van der Waals surface area contributed by atoms with E-state index in [9.17, 15) is 9.59 Å². The van der Waals surface area contributed by atoms with Crippen LogP contribution in [0.2, 0.25) is 0 Å². The van der Waals surface area contributed by atoms with Crippen molar-refractivity contribution >= 4 is 34.7 Å². The molecule has 2 aromatic heterocycles. The lowest BCUT2D eigenvalue weighted by atomic mass is 10.0. The summed E-state index contributed by atoms with van der Waals surface area (Å²) >= 11 is 2.80. The van der Waals surface area contributed by atoms with Gasteiger partial charge in [0.2, 0.25) is 5.78 Å². The predicted molar refractivity (Wildman–Crippen MR) is 82.9 cm³/mol. The fraction of sp³-hybridized carbons (Fsp3) is 0.